The molecular weight excluding hydrogens is 248 g/mol. The lowest BCUT2D eigenvalue weighted by Gasteiger charge is -2.32. The monoisotopic (exact) mass is 274 g/mol. The van der Waals surface area contributed by atoms with E-state index < -0.39 is 0 Å². The maximum Gasteiger partial charge on any atom is 0.254 e. The minimum atomic E-state index is 0.132. The standard InChI is InChI=1S/C17H26N2O/c1-13(11-18-17(2,3)4)12-19-10-9-14-7-5-6-8-15(14)16(19)20/h5-8,13,18H,9-12H2,1-4H3. The van der Waals surface area contributed by atoms with Crippen molar-refractivity contribution in [3.05, 3.63) is 35.4 Å². The predicted octanol–water partition coefficient (Wildman–Crippen LogP) is 2.71. The normalized spacial score (nSPS) is 17.0. The first-order chi connectivity index (χ1) is 9.37. The van der Waals surface area contributed by atoms with E-state index in [4.69, 9.17) is 0 Å². The van der Waals surface area contributed by atoms with E-state index in [1.54, 1.807) is 0 Å². The van der Waals surface area contributed by atoms with E-state index >= 15 is 0 Å². The minimum Gasteiger partial charge on any atom is -0.338 e. The van der Waals surface area contributed by atoms with Crippen LogP contribution in [0.15, 0.2) is 24.3 Å². The smallest absolute Gasteiger partial charge is 0.254 e. The third-order valence-corrected chi connectivity index (χ3v) is 3.70. The molecule has 20 heavy (non-hydrogen) atoms. The average molecular weight is 274 g/mol. The summed E-state index contributed by atoms with van der Waals surface area (Å²) in [5, 5.41) is 3.51. The van der Waals surface area contributed by atoms with Crippen LogP contribution in [0.5, 0.6) is 0 Å². The highest BCUT2D eigenvalue weighted by Gasteiger charge is 2.25. The zero-order valence-corrected chi connectivity index (χ0v) is 13.1. The second kappa shape index (κ2) is 5.96. The fraction of sp³-hybridized carbons (Fsp3) is 0.588. The number of benzene rings is 1. The zero-order valence-electron chi connectivity index (χ0n) is 13.1. The van der Waals surface area contributed by atoms with Gasteiger partial charge in [-0.05, 0) is 51.3 Å². The van der Waals surface area contributed by atoms with Gasteiger partial charge in [-0.15, -0.1) is 0 Å². The van der Waals surface area contributed by atoms with Crippen molar-refractivity contribution in [1.82, 2.24) is 10.2 Å². The lowest BCUT2D eigenvalue weighted by atomic mass is 9.98. The second-order valence-electron chi connectivity index (χ2n) is 6.89. The Hall–Kier alpha value is -1.35. The molecule has 0 saturated heterocycles. The molecule has 110 valence electrons. The molecule has 1 aromatic carbocycles. The van der Waals surface area contributed by atoms with Crippen LogP contribution < -0.4 is 5.32 Å². The van der Waals surface area contributed by atoms with Gasteiger partial charge in [0.1, 0.15) is 0 Å². The number of nitrogens with one attached hydrogen (secondary N) is 1. The van der Waals surface area contributed by atoms with Gasteiger partial charge < -0.3 is 10.2 Å². The fourth-order valence-electron chi connectivity index (χ4n) is 2.57. The van der Waals surface area contributed by atoms with Crippen molar-refractivity contribution >= 4 is 5.91 Å². The molecule has 1 unspecified atom stereocenters. The molecule has 0 fully saturated rings. The summed E-state index contributed by atoms with van der Waals surface area (Å²) in [4.78, 5) is 14.5. The average Bonchev–Trinajstić information content (AvgIpc) is 2.39. The Morgan fingerprint density at radius 2 is 2.00 bits per heavy atom. The maximum atomic E-state index is 12.5. The quantitative estimate of drug-likeness (QED) is 0.915. The molecule has 0 spiro atoms. The summed E-state index contributed by atoms with van der Waals surface area (Å²) in [6.07, 6.45) is 0.974. The first-order valence-electron chi connectivity index (χ1n) is 7.49. The third-order valence-electron chi connectivity index (χ3n) is 3.70. The molecule has 1 heterocycles. The largest absolute Gasteiger partial charge is 0.338 e. The molecule has 0 radical (unpaired) electrons. The Labute approximate surface area is 122 Å². The molecule has 3 nitrogen and oxygen atoms in total. The molecule has 1 atom stereocenters. The summed E-state index contributed by atoms with van der Waals surface area (Å²) < 4.78 is 0. The number of hydrogen-bond donors (Lipinski definition) is 1. The highest BCUT2D eigenvalue weighted by atomic mass is 16.2. The summed E-state index contributed by atoms with van der Waals surface area (Å²) in [6, 6.07) is 7.97. The number of carbonyl (C=O) groups is 1. The molecule has 2 rings (SSSR count). The van der Waals surface area contributed by atoms with Crippen LogP contribution in [0.2, 0.25) is 0 Å². The summed E-state index contributed by atoms with van der Waals surface area (Å²) >= 11 is 0. The maximum absolute atomic E-state index is 12.5. The van der Waals surface area contributed by atoms with Crippen molar-refractivity contribution in [2.75, 3.05) is 19.6 Å². The Morgan fingerprint density at radius 1 is 1.30 bits per heavy atom. The lowest BCUT2D eigenvalue weighted by molar-refractivity contribution is 0.0714. The molecule has 3 heteroatoms. The summed E-state index contributed by atoms with van der Waals surface area (Å²) in [6.45, 7) is 11.3. The molecule has 0 saturated carbocycles. The zero-order chi connectivity index (χ0) is 14.8. The van der Waals surface area contributed by atoms with Crippen LogP contribution >= 0.6 is 0 Å². The van der Waals surface area contributed by atoms with Gasteiger partial charge in [-0.3, -0.25) is 4.79 Å². The van der Waals surface area contributed by atoms with Gasteiger partial charge in [0.25, 0.3) is 5.91 Å². The molecule has 1 aliphatic heterocycles. The van der Waals surface area contributed by atoms with Gasteiger partial charge in [0.15, 0.2) is 0 Å². The van der Waals surface area contributed by atoms with E-state index in [0.29, 0.717) is 5.92 Å². The van der Waals surface area contributed by atoms with E-state index in [1.807, 2.05) is 23.1 Å². The first-order valence-corrected chi connectivity index (χ1v) is 7.49. The van der Waals surface area contributed by atoms with Gasteiger partial charge in [0.2, 0.25) is 0 Å². The highest BCUT2D eigenvalue weighted by molar-refractivity contribution is 5.96. The van der Waals surface area contributed by atoms with Gasteiger partial charge in [0.05, 0.1) is 0 Å². The number of carbonyl (C=O) groups excluding carboxylic acids is 1. The van der Waals surface area contributed by atoms with E-state index in [1.165, 1.54) is 5.56 Å². The van der Waals surface area contributed by atoms with Crippen molar-refractivity contribution in [2.45, 2.75) is 39.7 Å². The molecular formula is C17H26N2O. The molecule has 1 N–H and O–H groups in total. The predicted molar refractivity (Wildman–Crippen MR) is 83.0 cm³/mol. The number of hydrogen-bond acceptors (Lipinski definition) is 2. The second-order valence-corrected chi connectivity index (χ2v) is 6.89. The number of amides is 1. The molecule has 1 amide bonds. The highest BCUT2D eigenvalue weighted by Crippen LogP contribution is 2.19. The molecule has 0 bridgehead atoms. The van der Waals surface area contributed by atoms with Gasteiger partial charge in [-0.2, -0.15) is 0 Å². The molecule has 1 aromatic rings. The summed E-state index contributed by atoms with van der Waals surface area (Å²) in [5.41, 5.74) is 2.20. The summed E-state index contributed by atoms with van der Waals surface area (Å²) in [5.74, 6) is 0.651. The van der Waals surface area contributed by atoms with Crippen LogP contribution in [-0.4, -0.2) is 36.0 Å². The van der Waals surface area contributed by atoms with Crippen molar-refractivity contribution in [3.8, 4) is 0 Å². The van der Waals surface area contributed by atoms with Crippen molar-refractivity contribution in [3.63, 3.8) is 0 Å². The third kappa shape index (κ3) is 3.83. The Morgan fingerprint density at radius 3 is 2.70 bits per heavy atom. The first kappa shape index (κ1) is 15.0. The van der Waals surface area contributed by atoms with Gasteiger partial charge in [-0.25, -0.2) is 0 Å². The molecule has 1 aliphatic rings. The molecule has 0 aromatic heterocycles. The van der Waals surface area contributed by atoms with Crippen LogP contribution in [0.1, 0.15) is 43.6 Å². The number of fused-ring (bicyclic) bond motifs is 1. The fourth-order valence-corrected chi connectivity index (χ4v) is 2.57. The van der Waals surface area contributed by atoms with E-state index in [-0.39, 0.29) is 11.4 Å². The van der Waals surface area contributed by atoms with E-state index in [0.717, 1.165) is 31.6 Å². The minimum absolute atomic E-state index is 0.132. The Kier molecular flexibility index (Phi) is 4.48. The molecule has 0 aliphatic carbocycles. The van der Waals surface area contributed by atoms with Crippen LogP contribution in [0.4, 0.5) is 0 Å². The van der Waals surface area contributed by atoms with Crippen LogP contribution in [-0.2, 0) is 6.42 Å². The van der Waals surface area contributed by atoms with Crippen molar-refractivity contribution < 1.29 is 4.79 Å². The van der Waals surface area contributed by atoms with Gasteiger partial charge in [-0.1, -0.05) is 25.1 Å². The Balaban J connectivity index is 1.93. The number of nitrogens with zero attached hydrogens (tertiary/aromatic N) is 1. The van der Waals surface area contributed by atoms with Crippen molar-refractivity contribution in [2.24, 2.45) is 5.92 Å². The van der Waals surface area contributed by atoms with Crippen molar-refractivity contribution in [1.29, 1.82) is 0 Å². The number of rotatable bonds is 4. The SMILES string of the molecule is CC(CNC(C)(C)C)CN1CCc2ccccc2C1=O. The Bertz CT molecular complexity index is 476. The lowest BCUT2D eigenvalue weighted by Crippen LogP contribution is -2.44. The summed E-state index contributed by atoms with van der Waals surface area (Å²) in [7, 11) is 0. The van der Waals surface area contributed by atoms with Crippen LogP contribution in [0, 0.1) is 5.92 Å². The van der Waals surface area contributed by atoms with E-state index in [2.05, 4.69) is 39.1 Å². The van der Waals surface area contributed by atoms with E-state index in [9.17, 15) is 4.79 Å². The van der Waals surface area contributed by atoms with Gasteiger partial charge >= 0.3 is 0 Å². The van der Waals surface area contributed by atoms with Crippen LogP contribution in [0.25, 0.3) is 0 Å². The van der Waals surface area contributed by atoms with Gasteiger partial charge in [0, 0.05) is 24.2 Å². The van der Waals surface area contributed by atoms with Crippen LogP contribution in [0.3, 0.4) is 0 Å². The topological polar surface area (TPSA) is 32.3 Å².